The molecule has 6 nitrogen and oxygen atoms in total. The fourth-order valence-corrected chi connectivity index (χ4v) is 5.76. The molecule has 3 unspecified atom stereocenters. The van der Waals surface area contributed by atoms with Crippen molar-refractivity contribution in [3.8, 4) is 5.75 Å². The molecule has 2 aliphatic carbocycles. The number of alkyl halides is 1. The van der Waals surface area contributed by atoms with Crippen LogP contribution < -0.4 is 10.4 Å². The quantitative estimate of drug-likeness (QED) is 0.297. The Labute approximate surface area is 171 Å². The Morgan fingerprint density at radius 1 is 1.36 bits per heavy atom. The summed E-state index contributed by atoms with van der Waals surface area (Å²) in [7, 11) is 1.53. The molecule has 2 fully saturated rings. The zero-order valence-electron chi connectivity index (χ0n) is 16.1. The van der Waals surface area contributed by atoms with Crippen molar-refractivity contribution in [3.63, 3.8) is 0 Å². The number of fused-ring (bicyclic) bond motifs is 3. The normalized spacial score (nSPS) is 30.1. The number of carbonyl (C=O) groups excluding carboxylic acids is 1. The lowest BCUT2D eigenvalue weighted by Gasteiger charge is -2.36. The van der Waals surface area contributed by atoms with Crippen molar-refractivity contribution in [2.75, 3.05) is 12.4 Å². The Morgan fingerprint density at radius 3 is 2.82 bits per heavy atom. The van der Waals surface area contributed by atoms with Crippen molar-refractivity contribution < 1.29 is 18.8 Å². The summed E-state index contributed by atoms with van der Waals surface area (Å²) in [6.07, 6.45) is 3.00. The summed E-state index contributed by atoms with van der Waals surface area (Å²) in [5.41, 5.74) is 0.314. The second kappa shape index (κ2) is 6.72. The standard InChI is InChI=1S/C21H22BrNO5/c1-20-7-6-13(21(20,2)11-22)9-17(20)23-28-19(25)15-8-12-4-5-14(26-3)10-16(12)27-18(15)24/h4-5,8,10,13H,6-7,9,11H2,1-3H3/b23-17+. The highest BCUT2D eigenvalue weighted by Crippen LogP contribution is 2.64. The number of nitrogens with zero attached hydrogens (tertiary/aromatic N) is 1. The summed E-state index contributed by atoms with van der Waals surface area (Å²) in [5.74, 6) is 0.290. The molecule has 2 saturated carbocycles. The third kappa shape index (κ3) is 2.70. The van der Waals surface area contributed by atoms with Crippen LogP contribution in [-0.2, 0) is 4.84 Å². The topological polar surface area (TPSA) is 78.1 Å². The number of hydrogen-bond donors (Lipinski definition) is 0. The molecule has 2 aliphatic rings. The van der Waals surface area contributed by atoms with Gasteiger partial charge < -0.3 is 14.0 Å². The Balaban J connectivity index is 1.60. The average molecular weight is 448 g/mol. The van der Waals surface area contributed by atoms with Gasteiger partial charge in [-0.15, -0.1) is 0 Å². The van der Waals surface area contributed by atoms with Gasteiger partial charge in [-0.05, 0) is 48.8 Å². The maximum atomic E-state index is 12.5. The van der Waals surface area contributed by atoms with Crippen LogP contribution in [0.15, 0.2) is 38.6 Å². The first-order valence-electron chi connectivity index (χ1n) is 9.29. The zero-order chi connectivity index (χ0) is 20.1. The number of hydrogen-bond acceptors (Lipinski definition) is 6. The number of benzene rings is 1. The lowest BCUT2D eigenvalue weighted by Crippen LogP contribution is -2.36. The van der Waals surface area contributed by atoms with Gasteiger partial charge in [0.1, 0.15) is 16.9 Å². The summed E-state index contributed by atoms with van der Waals surface area (Å²) in [4.78, 5) is 29.9. The van der Waals surface area contributed by atoms with Gasteiger partial charge in [0.25, 0.3) is 0 Å². The summed E-state index contributed by atoms with van der Waals surface area (Å²) in [6.45, 7) is 4.45. The molecule has 0 saturated heterocycles. The molecular weight excluding hydrogens is 426 g/mol. The van der Waals surface area contributed by atoms with Crippen LogP contribution in [0.2, 0.25) is 0 Å². The van der Waals surface area contributed by atoms with Crippen LogP contribution in [0.3, 0.4) is 0 Å². The lowest BCUT2D eigenvalue weighted by atomic mass is 9.70. The van der Waals surface area contributed by atoms with Crippen molar-refractivity contribution in [1.29, 1.82) is 0 Å². The van der Waals surface area contributed by atoms with Gasteiger partial charge in [0.05, 0.1) is 12.8 Å². The summed E-state index contributed by atoms with van der Waals surface area (Å²) >= 11 is 3.65. The van der Waals surface area contributed by atoms with Crippen molar-refractivity contribution >= 4 is 38.6 Å². The maximum absolute atomic E-state index is 12.5. The maximum Gasteiger partial charge on any atom is 0.373 e. The number of carbonyl (C=O) groups is 1. The smallest absolute Gasteiger partial charge is 0.373 e. The van der Waals surface area contributed by atoms with Gasteiger partial charge >= 0.3 is 11.6 Å². The predicted molar refractivity (Wildman–Crippen MR) is 109 cm³/mol. The molecule has 0 aliphatic heterocycles. The SMILES string of the molecule is COc1ccc2cc(C(=O)O/N=C3\CC4CCC3(C)C4(C)CBr)c(=O)oc2c1. The minimum atomic E-state index is -0.800. The average Bonchev–Trinajstić information content (AvgIpc) is 3.07. The monoisotopic (exact) mass is 447 g/mol. The van der Waals surface area contributed by atoms with Gasteiger partial charge in [0, 0.05) is 22.2 Å². The van der Waals surface area contributed by atoms with E-state index in [4.69, 9.17) is 14.0 Å². The van der Waals surface area contributed by atoms with E-state index in [-0.39, 0.29) is 16.4 Å². The fourth-order valence-electron chi connectivity index (χ4n) is 4.68. The number of methoxy groups -OCH3 is 1. The highest BCUT2D eigenvalue weighted by Gasteiger charge is 2.62. The van der Waals surface area contributed by atoms with Crippen LogP contribution in [0.25, 0.3) is 11.0 Å². The van der Waals surface area contributed by atoms with Crippen molar-refractivity contribution in [3.05, 3.63) is 40.2 Å². The van der Waals surface area contributed by atoms with Gasteiger partial charge in [-0.3, -0.25) is 0 Å². The van der Waals surface area contributed by atoms with E-state index in [0.717, 1.165) is 30.3 Å². The molecule has 0 N–H and O–H groups in total. The molecule has 7 heteroatoms. The first kappa shape index (κ1) is 19.2. The predicted octanol–water partition coefficient (Wildman–Crippen LogP) is 4.54. The van der Waals surface area contributed by atoms with Crippen LogP contribution in [0.4, 0.5) is 0 Å². The zero-order valence-corrected chi connectivity index (χ0v) is 17.7. The van der Waals surface area contributed by atoms with Crippen LogP contribution in [0.1, 0.15) is 43.5 Å². The first-order valence-corrected chi connectivity index (χ1v) is 10.4. The van der Waals surface area contributed by atoms with Gasteiger partial charge in [-0.1, -0.05) is 34.9 Å². The highest BCUT2D eigenvalue weighted by molar-refractivity contribution is 9.09. The lowest BCUT2D eigenvalue weighted by molar-refractivity contribution is 0.0504. The summed E-state index contributed by atoms with van der Waals surface area (Å²) < 4.78 is 10.4. The van der Waals surface area contributed by atoms with Crippen LogP contribution in [-0.4, -0.2) is 24.1 Å². The molecule has 3 atom stereocenters. The minimum Gasteiger partial charge on any atom is -0.497 e. The van der Waals surface area contributed by atoms with Gasteiger partial charge in [0.2, 0.25) is 0 Å². The highest BCUT2D eigenvalue weighted by atomic mass is 79.9. The van der Waals surface area contributed by atoms with E-state index in [2.05, 4.69) is 34.9 Å². The molecule has 1 heterocycles. The van der Waals surface area contributed by atoms with Crippen LogP contribution in [0.5, 0.6) is 5.75 Å². The van der Waals surface area contributed by atoms with Crippen LogP contribution >= 0.6 is 15.9 Å². The molecular formula is C21H22BrNO5. The number of ether oxygens (including phenoxy) is 1. The van der Waals surface area contributed by atoms with Gasteiger partial charge in [-0.25, -0.2) is 9.59 Å². The Hall–Kier alpha value is -2.15. The van der Waals surface area contributed by atoms with Crippen LogP contribution in [0, 0.1) is 16.7 Å². The van der Waals surface area contributed by atoms with E-state index in [1.54, 1.807) is 18.2 Å². The van der Waals surface area contributed by atoms with E-state index < -0.39 is 11.6 Å². The van der Waals surface area contributed by atoms with Gasteiger partial charge in [0.15, 0.2) is 0 Å². The van der Waals surface area contributed by atoms with E-state index in [1.165, 1.54) is 13.2 Å². The van der Waals surface area contributed by atoms with Crippen molar-refractivity contribution in [2.45, 2.75) is 33.1 Å². The fraction of sp³-hybridized carbons (Fsp3) is 0.476. The second-order valence-electron chi connectivity index (χ2n) is 8.09. The molecule has 1 aromatic carbocycles. The number of oxime groups is 1. The number of rotatable bonds is 4. The Bertz CT molecular complexity index is 1040. The van der Waals surface area contributed by atoms with Crippen molar-refractivity contribution in [1.82, 2.24) is 0 Å². The molecule has 2 bridgehead atoms. The second-order valence-corrected chi connectivity index (χ2v) is 8.65. The molecule has 28 heavy (non-hydrogen) atoms. The van der Waals surface area contributed by atoms with E-state index in [0.29, 0.717) is 22.6 Å². The van der Waals surface area contributed by atoms with E-state index in [9.17, 15) is 9.59 Å². The number of halogens is 1. The minimum absolute atomic E-state index is 0.0965. The van der Waals surface area contributed by atoms with E-state index in [1.807, 2.05) is 0 Å². The largest absolute Gasteiger partial charge is 0.497 e. The molecule has 0 amide bonds. The summed E-state index contributed by atoms with van der Waals surface area (Å²) in [6, 6.07) is 6.52. The first-order chi connectivity index (χ1) is 13.3. The summed E-state index contributed by atoms with van der Waals surface area (Å²) in [5, 5.41) is 5.68. The van der Waals surface area contributed by atoms with E-state index >= 15 is 0 Å². The third-order valence-electron chi connectivity index (χ3n) is 6.91. The molecule has 148 valence electrons. The Kier molecular flexibility index (Phi) is 4.61. The van der Waals surface area contributed by atoms with Gasteiger partial charge in [-0.2, -0.15) is 0 Å². The van der Waals surface area contributed by atoms with Crippen molar-refractivity contribution in [2.24, 2.45) is 21.9 Å². The molecule has 0 radical (unpaired) electrons. The molecule has 1 aromatic heterocycles. The molecule has 2 aromatic rings. The molecule has 4 rings (SSSR count). The third-order valence-corrected chi connectivity index (χ3v) is 8.08. The molecule has 0 spiro atoms. The Morgan fingerprint density at radius 2 is 2.14 bits per heavy atom.